The van der Waals surface area contributed by atoms with Gasteiger partial charge in [0.05, 0.1) is 18.8 Å². The van der Waals surface area contributed by atoms with E-state index in [-0.39, 0.29) is 18.1 Å². The minimum Gasteiger partial charge on any atom is -0.493 e. The van der Waals surface area contributed by atoms with Crippen LogP contribution in [0.15, 0.2) is 42.5 Å². The van der Waals surface area contributed by atoms with Gasteiger partial charge in [-0.15, -0.1) is 0 Å². The molecule has 0 spiro atoms. The molecular formula is C17H15F3O2. The van der Waals surface area contributed by atoms with Crippen LogP contribution in [0.5, 0.6) is 5.75 Å². The Morgan fingerprint density at radius 1 is 1.09 bits per heavy atom. The Balaban J connectivity index is 2.12. The molecule has 0 amide bonds. The van der Waals surface area contributed by atoms with Crippen molar-refractivity contribution in [3.8, 4) is 5.75 Å². The number of benzene rings is 2. The summed E-state index contributed by atoms with van der Waals surface area (Å²) in [7, 11) is 0. The summed E-state index contributed by atoms with van der Waals surface area (Å²) < 4.78 is 45.3. The van der Waals surface area contributed by atoms with Gasteiger partial charge >= 0.3 is 6.18 Å². The summed E-state index contributed by atoms with van der Waals surface area (Å²) in [5, 5.41) is 9.26. The normalized spacial score (nSPS) is 17.7. The predicted octanol–water partition coefficient (Wildman–Crippen LogP) is 4.11. The van der Waals surface area contributed by atoms with Crippen LogP contribution in [0, 0.1) is 0 Å². The average molecular weight is 308 g/mol. The molecule has 0 bridgehead atoms. The Morgan fingerprint density at radius 3 is 2.59 bits per heavy atom. The zero-order valence-electron chi connectivity index (χ0n) is 11.7. The first-order valence-electron chi connectivity index (χ1n) is 7.03. The van der Waals surface area contributed by atoms with Crippen LogP contribution < -0.4 is 4.74 Å². The Kier molecular flexibility index (Phi) is 3.83. The van der Waals surface area contributed by atoms with Gasteiger partial charge in [0.15, 0.2) is 0 Å². The van der Waals surface area contributed by atoms with E-state index in [4.69, 9.17) is 4.74 Å². The van der Waals surface area contributed by atoms with Crippen molar-refractivity contribution < 1.29 is 23.0 Å². The van der Waals surface area contributed by atoms with Crippen molar-refractivity contribution in [1.29, 1.82) is 0 Å². The second kappa shape index (κ2) is 5.65. The van der Waals surface area contributed by atoms with Crippen LogP contribution in [0.2, 0.25) is 0 Å². The standard InChI is InChI=1S/C17H15F3O2/c18-17(19,20)15-4-2-1-3-13(15)12-7-8-22-16-6-5-11(10-21)9-14(12)16/h1-6,9,12,21H,7-8,10H2. The van der Waals surface area contributed by atoms with Gasteiger partial charge in [-0.3, -0.25) is 0 Å². The van der Waals surface area contributed by atoms with E-state index < -0.39 is 11.7 Å². The van der Waals surface area contributed by atoms with Crippen molar-refractivity contribution in [3.05, 3.63) is 64.7 Å². The lowest BCUT2D eigenvalue weighted by Crippen LogP contribution is -2.19. The van der Waals surface area contributed by atoms with Gasteiger partial charge in [0.25, 0.3) is 0 Å². The molecule has 0 saturated heterocycles. The van der Waals surface area contributed by atoms with Crippen LogP contribution in [0.3, 0.4) is 0 Å². The first-order chi connectivity index (χ1) is 10.5. The fourth-order valence-electron chi connectivity index (χ4n) is 2.92. The monoisotopic (exact) mass is 308 g/mol. The highest BCUT2D eigenvalue weighted by atomic mass is 19.4. The summed E-state index contributed by atoms with van der Waals surface area (Å²) in [6.45, 7) is 0.225. The van der Waals surface area contributed by atoms with E-state index in [0.717, 1.165) is 6.07 Å². The third-order valence-corrected chi connectivity index (χ3v) is 3.94. The number of aliphatic hydroxyl groups excluding tert-OH is 1. The zero-order chi connectivity index (χ0) is 15.7. The van der Waals surface area contributed by atoms with Crippen molar-refractivity contribution in [2.24, 2.45) is 0 Å². The number of alkyl halides is 3. The van der Waals surface area contributed by atoms with Crippen LogP contribution in [-0.4, -0.2) is 11.7 Å². The Labute approximate surface area is 126 Å². The molecule has 0 aromatic heterocycles. The molecule has 0 radical (unpaired) electrons. The molecule has 1 N–H and O–H groups in total. The molecule has 1 unspecified atom stereocenters. The number of fused-ring (bicyclic) bond motifs is 1. The van der Waals surface area contributed by atoms with E-state index in [1.807, 2.05) is 0 Å². The van der Waals surface area contributed by atoms with Crippen molar-refractivity contribution in [2.45, 2.75) is 25.1 Å². The molecule has 116 valence electrons. The third kappa shape index (κ3) is 2.68. The largest absolute Gasteiger partial charge is 0.493 e. The highest BCUT2D eigenvalue weighted by Crippen LogP contribution is 2.43. The molecule has 2 aromatic carbocycles. The lowest BCUT2D eigenvalue weighted by Gasteiger charge is -2.28. The Hall–Kier alpha value is -2.01. The average Bonchev–Trinajstić information content (AvgIpc) is 2.53. The number of aliphatic hydroxyl groups is 1. The smallest absolute Gasteiger partial charge is 0.416 e. The number of hydrogen-bond acceptors (Lipinski definition) is 2. The number of rotatable bonds is 2. The SMILES string of the molecule is OCc1ccc2c(c1)C(c1ccccc1C(F)(F)F)CCO2. The van der Waals surface area contributed by atoms with Gasteiger partial charge in [-0.05, 0) is 35.7 Å². The van der Waals surface area contributed by atoms with Gasteiger partial charge in [-0.1, -0.05) is 24.3 Å². The molecule has 0 aliphatic carbocycles. The fraction of sp³-hybridized carbons (Fsp3) is 0.294. The van der Waals surface area contributed by atoms with E-state index in [1.165, 1.54) is 12.1 Å². The molecular weight excluding hydrogens is 293 g/mol. The lowest BCUT2D eigenvalue weighted by atomic mass is 9.83. The van der Waals surface area contributed by atoms with E-state index >= 15 is 0 Å². The van der Waals surface area contributed by atoms with Crippen molar-refractivity contribution in [2.75, 3.05) is 6.61 Å². The van der Waals surface area contributed by atoms with Gasteiger partial charge in [0, 0.05) is 11.5 Å². The molecule has 0 saturated carbocycles. The minimum atomic E-state index is -4.39. The fourth-order valence-corrected chi connectivity index (χ4v) is 2.92. The van der Waals surface area contributed by atoms with Crippen LogP contribution in [0.4, 0.5) is 13.2 Å². The van der Waals surface area contributed by atoms with E-state index in [1.54, 1.807) is 24.3 Å². The maximum Gasteiger partial charge on any atom is 0.416 e. The number of halogens is 3. The van der Waals surface area contributed by atoms with Gasteiger partial charge in [-0.25, -0.2) is 0 Å². The van der Waals surface area contributed by atoms with Crippen molar-refractivity contribution in [3.63, 3.8) is 0 Å². The molecule has 1 heterocycles. The number of ether oxygens (including phenoxy) is 1. The summed E-state index contributed by atoms with van der Waals surface area (Å²) in [4.78, 5) is 0. The van der Waals surface area contributed by atoms with E-state index in [9.17, 15) is 18.3 Å². The highest BCUT2D eigenvalue weighted by Gasteiger charge is 2.36. The first-order valence-corrected chi connectivity index (χ1v) is 7.03. The number of hydrogen-bond donors (Lipinski definition) is 1. The summed E-state index contributed by atoms with van der Waals surface area (Å²) in [6, 6.07) is 10.8. The zero-order valence-corrected chi connectivity index (χ0v) is 11.7. The molecule has 5 heteroatoms. The minimum absolute atomic E-state index is 0.152. The van der Waals surface area contributed by atoms with Gasteiger partial charge in [-0.2, -0.15) is 13.2 Å². The first kappa shape index (κ1) is 14.9. The lowest BCUT2D eigenvalue weighted by molar-refractivity contribution is -0.138. The van der Waals surface area contributed by atoms with Crippen LogP contribution >= 0.6 is 0 Å². The third-order valence-electron chi connectivity index (χ3n) is 3.94. The van der Waals surface area contributed by atoms with Crippen LogP contribution in [0.25, 0.3) is 0 Å². The summed E-state index contributed by atoms with van der Waals surface area (Å²) in [5.74, 6) is 0.207. The predicted molar refractivity (Wildman–Crippen MR) is 75.8 cm³/mol. The molecule has 1 atom stereocenters. The second-order valence-electron chi connectivity index (χ2n) is 5.31. The molecule has 2 aromatic rings. The van der Waals surface area contributed by atoms with E-state index in [0.29, 0.717) is 29.9 Å². The Morgan fingerprint density at radius 2 is 1.86 bits per heavy atom. The quantitative estimate of drug-likeness (QED) is 0.904. The van der Waals surface area contributed by atoms with E-state index in [2.05, 4.69) is 0 Å². The summed E-state index contributed by atoms with van der Waals surface area (Å²) in [6.07, 6.45) is -3.90. The van der Waals surface area contributed by atoms with Crippen LogP contribution in [0.1, 0.15) is 34.6 Å². The molecule has 22 heavy (non-hydrogen) atoms. The molecule has 1 aliphatic heterocycles. The molecule has 1 aliphatic rings. The second-order valence-corrected chi connectivity index (χ2v) is 5.31. The topological polar surface area (TPSA) is 29.5 Å². The maximum atomic E-state index is 13.3. The van der Waals surface area contributed by atoms with Gasteiger partial charge < -0.3 is 9.84 Å². The maximum absolute atomic E-state index is 13.3. The molecule has 3 rings (SSSR count). The summed E-state index contributed by atoms with van der Waals surface area (Å²) >= 11 is 0. The molecule has 2 nitrogen and oxygen atoms in total. The summed E-state index contributed by atoms with van der Waals surface area (Å²) in [5.41, 5.74) is 1.02. The molecule has 0 fully saturated rings. The van der Waals surface area contributed by atoms with Crippen LogP contribution in [-0.2, 0) is 12.8 Å². The highest BCUT2D eigenvalue weighted by molar-refractivity contribution is 5.48. The van der Waals surface area contributed by atoms with Crippen molar-refractivity contribution in [1.82, 2.24) is 0 Å². The van der Waals surface area contributed by atoms with Crippen molar-refractivity contribution >= 4 is 0 Å². The van der Waals surface area contributed by atoms with Gasteiger partial charge in [0.2, 0.25) is 0 Å². The Bertz CT molecular complexity index is 680. The van der Waals surface area contributed by atoms with Gasteiger partial charge in [0.1, 0.15) is 5.75 Å².